The molecule has 2 saturated heterocycles. The van der Waals surface area contributed by atoms with Gasteiger partial charge >= 0.3 is 0 Å². The van der Waals surface area contributed by atoms with Gasteiger partial charge in [-0.15, -0.1) is 11.3 Å². The third-order valence-corrected chi connectivity index (χ3v) is 6.40. The van der Waals surface area contributed by atoms with Gasteiger partial charge in [0.05, 0.1) is 6.04 Å². The summed E-state index contributed by atoms with van der Waals surface area (Å²) in [5.41, 5.74) is 6.19. The van der Waals surface area contributed by atoms with E-state index in [-0.39, 0.29) is 11.8 Å². The topological polar surface area (TPSA) is 67.6 Å². The Morgan fingerprint density at radius 2 is 2.25 bits per heavy atom. The lowest BCUT2D eigenvalue weighted by molar-refractivity contribution is -0.124. The van der Waals surface area contributed by atoms with Crippen molar-refractivity contribution < 1.29 is 9.53 Å². The zero-order chi connectivity index (χ0) is 16.9. The quantitative estimate of drug-likeness (QED) is 0.851. The monoisotopic (exact) mass is 351 g/mol. The lowest BCUT2D eigenvalue weighted by Crippen LogP contribution is -2.49. The Hall–Kier alpha value is -0.950. The minimum atomic E-state index is -0.407. The fourth-order valence-corrected chi connectivity index (χ4v) is 5.00. The Bertz CT molecular complexity index is 516. The molecule has 0 aliphatic carbocycles. The minimum absolute atomic E-state index is 0.0000520. The van der Waals surface area contributed by atoms with Crippen LogP contribution >= 0.6 is 11.3 Å². The van der Waals surface area contributed by atoms with Crippen molar-refractivity contribution in [1.29, 1.82) is 0 Å². The molecule has 3 N–H and O–H groups in total. The number of nitrogens with zero attached hydrogens (tertiary/aromatic N) is 1. The van der Waals surface area contributed by atoms with Crippen molar-refractivity contribution in [2.75, 3.05) is 33.4 Å². The second kappa shape index (κ2) is 8.43. The molecule has 6 heteroatoms. The summed E-state index contributed by atoms with van der Waals surface area (Å²) in [6.45, 7) is 3.27. The van der Waals surface area contributed by atoms with Crippen LogP contribution in [-0.2, 0) is 9.53 Å². The van der Waals surface area contributed by atoms with E-state index in [1.165, 1.54) is 11.3 Å². The molecular weight excluding hydrogens is 322 g/mol. The van der Waals surface area contributed by atoms with Gasteiger partial charge in [-0.25, -0.2) is 0 Å². The van der Waals surface area contributed by atoms with E-state index in [0.29, 0.717) is 18.5 Å². The number of amides is 1. The Morgan fingerprint density at radius 3 is 2.96 bits per heavy atom. The van der Waals surface area contributed by atoms with Crippen molar-refractivity contribution >= 4 is 17.2 Å². The fraction of sp³-hybridized carbons (Fsp3) is 0.722. The second-order valence-electron chi connectivity index (χ2n) is 7.06. The summed E-state index contributed by atoms with van der Waals surface area (Å²) < 4.78 is 5.36. The average Bonchev–Trinajstić information content (AvgIpc) is 3.14. The number of rotatable bonds is 5. The van der Waals surface area contributed by atoms with Crippen molar-refractivity contribution in [3.05, 3.63) is 22.4 Å². The second-order valence-corrected chi connectivity index (χ2v) is 8.04. The number of hydrogen-bond donors (Lipinski definition) is 2. The molecule has 0 bridgehead atoms. The van der Waals surface area contributed by atoms with E-state index in [4.69, 9.17) is 10.5 Å². The van der Waals surface area contributed by atoms with Crippen molar-refractivity contribution in [3.8, 4) is 0 Å². The predicted octanol–water partition coefficient (Wildman–Crippen LogP) is 2.00. The molecule has 5 nitrogen and oxygen atoms in total. The molecule has 0 saturated carbocycles. The third-order valence-electron chi connectivity index (χ3n) is 5.46. The molecule has 0 spiro atoms. The van der Waals surface area contributed by atoms with Crippen molar-refractivity contribution in [3.63, 3.8) is 0 Å². The van der Waals surface area contributed by atoms with E-state index in [1.54, 1.807) is 0 Å². The Morgan fingerprint density at radius 1 is 1.46 bits per heavy atom. The van der Waals surface area contributed by atoms with Gasteiger partial charge in [-0.1, -0.05) is 6.07 Å². The van der Waals surface area contributed by atoms with Crippen LogP contribution in [0, 0.1) is 11.8 Å². The highest BCUT2D eigenvalue weighted by molar-refractivity contribution is 7.10. The average molecular weight is 352 g/mol. The van der Waals surface area contributed by atoms with Crippen molar-refractivity contribution in [2.45, 2.75) is 37.8 Å². The molecule has 3 rings (SSSR count). The summed E-state index contributed by atoms with van der Waals surface area (Å²) in [6.07, 6.45) is 4.11. The van der Waals surface area contributed by atoms with Crippen LogP contribution in [-0.4, -0.2) is 50.2 Å². The van der Waals surface area contributed by atoms with Gasteiger partial charge in [-0.3, -0.25) is 9.69 Å². The first kappa shape index (κ1) is 17.9. The van der Waals surface area contributed by atoms with Gasteiger partial charge in [0.15, 0.2) is 0 Å². The van der Waals surface area contributed by atoms with Gasteiger partial charge in [-0.05, 0) is 62.6 Å². The summed E-state index contributed by atoms with van der Waals surface area (Å²) in [5, 5.41) is 5.27. The van der Waals surface area contributed by atoms with Crippen LogP contribution in [0.3, 0.4) is 0 Å². The van der Waals surface area contributed by atoms with Crippen molar-refractivity contribution in [2.24, 2.45) is 17.6 Å². The van der Waals surface area contributed by atoms with Crippen LogP contribution in [0.15, 0.2) is 17.5 Å². The molecule has 0 aromatic carbocycles. The largest absolute Gasteiger partial charge is 0.381 e. The number of carbonyl (C=O) groups excluding carboxylic acids is 1. The highest BCUT2D eigenvalue weighted by Gasteiger charge is 2.32. The molecule has 2 fully saturated rings. The zero-order valence-electron chi connectivity index (χ0n) is 14.4. The van der Waals surface area contributed by atoms with Crippen LogP contribution in [0.4, 0.5) is 0 Å². The van der Waals surface area contributed by atoms with Gasteiger partial charge in [0.1, 0.15) is 0 Å². The number of hydrogen-bond acceptors (Lipinski definition) is 5. The standard InChI is InChI=1S/C18H29N3O2S/c1-21-8-2-4-14(17(21)15-5-3-11-24-15)12-20-18(22)16(19)13-6-9-23-10-7-13/h3,5,11,13-14,16-17H,2,4,6-10,12,19H2,1H3,(H,20,22). The number of likely N-dealkylation sites (tertiary alicyclic amines) is 1. The van der Waals surface area contributed by atoms with Crippen LogP contribution < -0.4 is 11.1 Å². The maximum Gasteiger partial charge on any atom is 0.237 e. The van der Waals surface area contributed by atoms with E-state index >= 15 is 0 Å². The summed E-state index contributed by atoms with van der Waals surface area (Å²) >= 11 is 1.81. The molecule has 134 valence electrons. The van der Waals surface area contributed by atoms with Crippen LogP contribution in [0.1, 0.15) is 36.6 Å². The third kappa shape index (κ3) is 4.17. The van der Waals surface area contributed by atoms with Gasteiger partial charge < -0.3 is 15.8 Å². The summed E-state index contributed by atoms with van der Waals surface area (Å²) in [7, 11) is 2.19. The van der Waals surface area contributed by atoms with E-state index in [2.05, 4.69) is 34.8 Å². The number of nitrogens with one attached hydrogen (secondary N) is 1. The molecule has 2 aliphatic heterocycles. The first-order valence-electron chi connectivity index (χ1n) is 9.01. The lowest BCUT2D eigenvalue weighted by atomic mass is 9.87. The minimum Gasteiger partial charge on any atom is -0.381 e. The zero-order valence-corrected chi connectivity index (χ0v) is 15.3. The predicted molar refractivity (Wildman–Crippen MR) is 96.9 cm³/mol. The van der Waals surface area contributed by atoms with E-state index in [1.807, 2.05) is 11.3 Å². The van der Waals surface area contributed by atoms with Crippen molar-refractivity contribution in [1.82, 2.24) is 10.2 Å². The molecule has 24 heavy (non-hydrogen) atoms. The normalized spacial score (nSPS) is 27.8. The number of ether oxygens (including phenoxy) is 1. The highest BCUT2D eigenvalue weighted by Crippen LogP contribution is 2.36. The molecular formula is C18H29N3O2S. The summed E-state index contributed by atoms with van der Waals surface area (Å²) in [6, 6.07) is 4.31. The summed E-state index contributed by atoms with van der Waals surface area (Å²) in [4.78, 5) is 16.3. The SMILES string of the molecule is CN1CCCC(CNC(=O)C(N)C2CCOCC2)C1c1cccs1. The van der Waals surface area contributed by atoms with Crippen LogP contribution in [0.5, 0.6) is 0 Å². The van der Waals surface area contributed by atoms with Crippen LogP contribution in [0.25, 0.3) is 0 Å². The highest BCUT2D eigenvalue weighted by atomic mass is 32.1. The number of piperidine rings is 1. The van der Waals surface area contributed by atoms with E-state index in [9.17, 15) is 4.79 Å². The molecule has 0 radical (unpaired) electrons. The molecule has 3 heterocycles. The maximum absolute atomic E-state index is 12.5. The van der Waals surface area contributed by atoms with Gasteiger partial charge in [0, 0.05) is 30.7 Å². The Balaban J connectivity index is 1.56. The molecule has 1 aromatic heterocycles. The molecule has 3 atom stereocenters. The maximum atomic E-state index is 12.5. The number of carbonyl (C=O) groups is 1. The first-order valence-corrected chi connectivity index (χ1v) is 9.89. The Kier molecular flexibility index (Phi) is 6.27. The number of thiophene rings is 1. The van der Waals surface area contributed by atoms with Gasteiger partial charge in [0.25, 0.3) is 0 Å². The van der Waals surface area contributed by atoms with E-state index < -0.39 is 6.04 Å². The smallest absolute Gasteiger partial charge is 0.237 e. The first-order chi connectivity index (χ1) is 11.7. The van der Waals surface area contributed by atoms with Gasteiger partial charge in [-0.2, -0.15) is 0 Å². The number of nitrogens with two attached hydrogens (primary N) is 1. The fourth-order valence-electron chi connectivity index (χ4n) is 4.02. The molecule has 3 unspecified atom stereocenters. The lowest BCUT2D eigenvalue weighted by Gasteiger charge is -2.39. The molecule has 2 aliphatic rings. The van der Waals surface area contributed by atoms with Gasteiger partial charge in [0.2, 0.25) is 5.91 Å². The van der Waals surface area contributed by atoms with Crippen LogP contribution in [0.2, 0.25) is 0 Å². The Labute approximate surface area is 148 Å². The molecule has 1 aromatic rings. The summed E-state index contributed by atoms with van der Waals surface area (Å²) in [5.74, 6) is 0.703. The molecule has 1 amide bonds. The van der Waals surface area contributed by atoms with E-state index in [0.717, 1.165) is 39.0 Å².